The van der Waals surface area contributed by atoms with Gasteiger partial charge in [-0.3, -0.25) is 0 Å². The van der Waals surface area contributed by atoms with E-state index in [4.69, 9.17) is 13.1 Å². The van der Waals surface area contributed by atoms with Crippen molar-refractivity contribution in [1.82, 2.24) is 0 Å². The molecule has 12 heteroatoms. The highest BCUT2D eigenvalue weighted by Gasteiger charge is 2.43. The van der Waals surface area contributed by atoms with E-state index in [0.717, 1.165) is 11.4 Å². The summed E-state index contributed by atoms with van der Waals surface area (Å²) in [4.78, 5) is 4.91. The highest BCUT2D eigenvalue weighted by atomic mass is 32.3. The smallest absolute Gasteiger partial charge is 0.405 e. The van der Waals surface area contributed by atoms with Gasteiger partial charge in [0.1, 0.15) is 12.4 Å². The van der Waals surface area contributed by atoms with Crippen molar-refractivity contribution in [2.24, 2.45) is 0 Å². The predicted octanol–water partition coefficient (Wildman–Crippen LogP) is 6.34. The van der Waals surface area contributed by atoms with Gasteiger partial charge >= 0.3 is 6.18 Å². The number of alkyl halides is 3. The first-order valence-corrected chi connectivity index (χ1v) is 15.6. The number of anilines is 2. The molecule has 3 aromatic rings. The SMILES string of the molecule is CCOCCOc1cccc(S(OS(=O)(=O)CC(F)(F)F)(c2ccc(N(C)C)cc2)c2ccc(N(C)C)cc2)c1. The van der Waals surface area contributed by atoms with Gasteiger partial charge in [0.25, 0.3) is 10.1 Å². The second kappa shape index (κ2) is 13.2. The average molecular weight is 601 g/mol. The highest BCUT2D eigenvalue weighted by molar-refractivity contribution is 8.33. The van der Waals surface area contributed by atoms with Crippen LogP contribution < -0.4 is 14.5 Å². The molecular weight excluding hydrogens is 565 g/mol. The Labute approximate surface area is 236 Å². The molecule has 40 heavy (non-hydrogen) atoms. The van der Waals surface area contributed by atoms with E-state index in [1.807, 2.05) is 44.9 Å². The van der Waals surface area contributed by atoms with Crippen molar-refractivity contribution in [2.75, 3.05) is 63.6 Å². The predicted molar refractivity (Wildman–Crippen MR) is 153 cm³/mol. The molecule has 0 atom stereocenters. The zero-order valence-corrected chi connectivity index (χ0v) is 24.8. The Hall–Kier alpha value is -2.93. The van der Waals surface area contributed by atoms with Crippen molar-refractivity contribution >= 4 is 31.8 Å². The van der Waals surface area contributed by atoms with E-state index < -0.39 is 32.4 Å². The largest absolute Gasteiger partial charge is 0.491 e. The summed E-state index contributed by atoms with van der Waals surface area (Å²) < 4.78 is 83.3. The standard InChI is InChI=1S/C28H35F3N2O5S2/c1-6-36-18-19-37-24-8-7-9-27(20-24)40(38-39(34,35)21-28(29,30)31,25-14-10-22(11-15-25)32(2)3)26-16-12-23(13-17-26)33(4)5/h7-17,20H,6,18-19,21H2,1-5H3. The number of nitrogens with zero attached hydrogens (tertiary/aromatic N) is 2. The van der Waals surface area contributed by atoms with Gasteiger partial charge in [-0.05, 0) is 84.0 Å². The van der Waals surface area contributed by atoms with Crippen LogP contribution in [0.4, 0.5) is 24.5 Å². The molecule has 7 nitrogen and oxygen atoms in total. The third-order valence-electron chi connectivity index (χ3n) is 5.75. The molecule has 0 aliphatic carbocycles. The maximum Gasteiger partial charge on any atom is 0.405 e. The maximum absolute atomic E-state index is 13.4. The monoisotopic (exact) mass is 600 g/mol. The van der Waals surface area contributed by atoms with Gasteiger partial charge < -0.3 is 19.3 Å². The summed E-state index contributed by atoms with van der Waals surface area (Å²) in [6.07, 6.45) is -4.99. The fraction of sp³-hybridized carbons (Fsp3) is 0.357. The zero-order valence-electron chi connectivity index (χ0n) is 23.1. The van der Waals surface area contributed by atoms with Crippen molar-refractivity contribution in [3.63, 3.8) is 0 Å². The molecule has 0 N–H and O–H groups in total. The van der Waals surface area contributed by atoms with Crippen LogP contribution in [0.2, 0.25) is 0 Å². The van der Waals surface area contributed by atoms with Crippen molar-refractivity contribution in [1.29, 1.82) is 0 Å². The molecule has 0 fully saturated rings. The van der Waals surface area contributed by atoms with Crippen LogP contribution in [0, 0.1) is 0 Å². The first-order valence-electron chi connectivity index (χ1n) is 12.5. The maximum atomic E-state index is 13.4. The third-order valence-corrected chi connectivity index (χ3v) is 10.9. The first kappa shape index (κ1) is 31.6. The lowest BCUT2D eigenvalue weighted by atomic mass is 10.3. The van der Waals surface area contributed by atoms with Crippen molar-refractivity contribution in [2.45, 2.75) is 27.8 Å². The van der Waals surface area contributed by atoms with Crippen molar-refractivity contribution in [3.05, 3.63) is 72.8 Å². The van der Waals surface area contributed by atoms with Crippen LogP contribution in [0.1, 0.15) is 6.92 Å². The molecule has 0 aromatic heterocycles. The van der Waals surface area contributed by atoms with E-state index in [-0.39, 0.29) is 6.61 Å². The number of hydrogen-bond acceptors (Lipinski definition) is 7. The minimum absolute atomic E-state index is 0.238. The average Bonchev–Trinajstić information content (AvgIpc) is 2.89. The van der Waals surface area contributed by atoms with Crippen LogP contribution in [0.15, 0.2) is 87.5 Å². The van der Waals surface area contributed by atoms with Gasteiger partial charge in [-0.25, -0.2) is 3.63 Å². The van der Waals surface area contributed by atoms with Gasteiger partial charge in [-0.15, -0.1) is 0 Å². The van der Waals surface area contributed by atoms with E-state index in [2.05, 4.69) is 0 Å². The number of halogens is 3. The Morgan fingerprint density at radius 3 is 1.73 bits per heavy atom. The fourth-order valence-electron chi connectivity index (χ4n) is 3.88. The van der Waals surface area contributed by atoms with Crippen LogP contribution in [0.5, 0.6) is 5.75 Å². The molecule has 0 bridgehead atoms. The Morgan fingerprint density at radius 2 is 1.27 bits per heavy atom. The minimum Gasteiger partial charge on any atom is -0.491 e. The van der Waals surface area contributed by atoms with E-state index in [1.165, 1.54) is 0 Å². The molecule has 220 valence electrons. The van der Waals surface area contributed by atoms with Gasteiger partial charge in [0.15, 0.2) is 5.75 Å². The summed E-state index contributed by atoms with van der Waals surface area (Å²) in [5, 5.41) is 0. The number of ether oxygens (including phenoxy) is 2. The van der Waals surface area contributed by atoms with Crippen molar-refractivity contribution < 1.29 is 34.7 Å². The molecule has 0 radical (unpaired) electrons. The Balaban J connectivity index is 2.29. The lowest BCUT2D eigenvalue weighted by Gasteiger charge is -2.40. The van der Waals surface area contributed by atoms with E-state index in [1.54, 1.807) is 72.8 Å². The summed E-state index contributed by atoms with van der Waals surface area (Å²) in [7, 11) is -0.944. The molecule has 0 unspecified atom stereocenters. The Morgan fingerprint density at radius 1 is 0.750 bits per heavy atom. The Bertz CT molecular complexity index is 1300. The lowest BCUT2D eigenvalue weighted by molar-refractivity contribution is -0.107. The topological polar surface area (TPSA) is 68.3 Å². The van der Waals surface area contributed by atoms with Gasteiger partial charge in [-0.1, -0.05) is 6.07 Å². The van der Waals surface area contributed by atoms with Gasteiger partial charge in [0, 0.05) is 60.9 Å². The second-order valence-electron chi connectivity index (χ2n) is 9.24. The van der Waals surface area contributed by atoms with E-state index in [0.29, 0.717) is 33.6 Å². The molecule has 0 heterocycles. The minimum atomic E-state index is -5.10. The molecule has 3 rings (SSSR count). The molecule has 0 aliphatic rings. The van der Waals surface area contributed by atoms with E-state index in [9.17, 15) is 21.6 Å². The molecule has 0 saturated carbocycles. The summed E-state index contributed by atoms with van der Waals surface area (Å²) >= 11 is 0. The molecule has 0 spiro atoms. The molecule has 3 aromatic carbocycles. The molecule has 0 saturated heterocycles. The van der Waals surface area contributed by atoms with Crippen LogP contribution in [0.3, 0.4) is 0 Å². The van der Waals surface area contributed by atoms with Crippen LogP contribution in [-0.2, 0) is 18.5 Å². The highest BCUT2D eigenvalue weighted by Crippen LogP contribution is 2.70. The Kier molecular flexibility index (Phi) is 10.4. The molecular formula is C28H35F3N2O5S2. The normalized spacial score (nSPS) is 12.7. The number of rotatable bonds is 13. The van der Waals surface area contributed by atoms with Gasteiger partial charge in [-0.2, -0.15) is 21.6 Å². The zero-order chi connectivity index (χ0) is 29.6. The number of hydrogen-bond donors (Lipinski definition) is 0. The quantitative estimate of drug-likeness (QED) is 0.212. The summed E-state index contributed by atoms with van der Waals surface area (Å²) in [5.41, 5.74) is 1.65. The van der Waals surface area contributed by atoms with E-state index >= 15 is 0 Å². The second-order valence-corrected chi connectivity index (χ2v) is 13.7. The number of benzene rings is 3. The summed E-state index contributed by atoms with van der Waals surface area (Å²) in [6, 6.07) is 20.5. The first-order chi connectivity index (χ1) is 18.8. The van der Waals surface area contributed by atoms with Crippen LogP contribution in [-0.4, -0.2) is 68.4 Å². The van der Waals surface area contributed by atoms with Crippen LogP contribution >= 0.6 is 10.3 Å². The summed E-state index contributed by atoms with van der Waals surface area (Å²) in [6.45, 7) is 2.96. The molecule has 0 amide bonds. The third kappa shape index (κ3) is 8.06. The fourth-order valence-corrected chi connectivity index (χ4v) is 9.07. The van der Waals surface area contributed by atoms with Crippen molar-refractivity contribution in [3.8, 4) is 5.75 Å². The lowest BCUT2D eigenvalue weighted by Crippen LogP contribution is -2.26. The van der Waals surface area contributed by atoms with Crippen LogP contribution in [0.25, 0.3) is 0 Å². The summed E-state index contributed by atoms with van der Waals surface area (Å²) in [5.74, 6) is -1.72. The van der Waals surface area contributed by atoms with Gasteiger partial charge in [0.2, 0.25) is 0 Å². The van der Waals surface area contributed by atoms with Gasteiger partial charge in [0.05, 0.1) is 6.61 Å². The molecule has 0 aliphatic heterocycles.